The van der Waals surface area contributed by atoms with E-state index in [0.717, 1.165) is 6.42 Å². The van der Waals surface area contributed by atoms with Crippen LogP contribution in [0.1, 0.15) is 27.2 Å². The van der Waals surface area contributed by atoms with Gasteiger partial charge in [-0.1, -0.05) is 13.8 Å². The van der Waals surface area contributed by atoms with E-state index in [9.17, 15) is 14.5 Å². The SMILES string of the molecule is CC(C)CC(C)Nc1cc(F)c(I)cc1[N+](=O)[O-]. The van der Waals surface area contributed by atoms with Crippen LogP contribution in [0.2, 0.25) is 0 Å². The summed E-state index contributed by atoms with van der Waals surface area (Å²) in [6.45, 7) is 6.07. The van der Waals surface area contributed by atoms with Crippen molar-refractivity contribution in [2.45, 2.75) is 33.2 Å². The fraction of sp³-hybridized carbons (Fsp3) is 0.500. The predicted molar refractivity (Wildman–Crippen MR) is 78.3 cm³/mol. The molecule has 0 aromatic heterocycles. The van der Waals surface area contributed by atoms with Gasteiger partial charge in [0.1, 0.15) is 11.5 Å². The predicted octanol–water partition coefficient (Wildman–Crippen LogP) is 4.19. The Bertz CT molecular complexity index is 452. The van der Waals surface area contributed by atoms with E-state index in [2.05, 4.69) is 19.2 Å². The first-order chi connectivity index (χ1) is 8.31. The lowest BCUT2D eigenvalue weighted by molar-refractivity contribution is -0.384. The van der Waals surface area contributed by atoms with Gasteiger partial charge in [-0.05, 0) is 41.9 Å². The maximum absolute atomic E-state index is 13.5. The molecule has 100 valence electrons. The number of benzene rings is 1. The van der Waals surface area contributed by atoms with E-state index in [4.69, 9.17) is 0 Å². The second-order valence-electron chi connectivity index (χ2n) is 4.72. The standard InChI is InChI=1S/C12H16FIN2O2/c1-7(2)4-8(3)15-11-5-9(13)10(14)6-12(11)16(17)18/h5-8,15H,4H2,1-3H3. The van der Waals surface area contributed by atoms with E-state index < -0.39 is 10.7 Å². The minimum Gasteiger partial charge on any atom is -0.377 e. The molecule has 0 aliphatic heterocycles. The highest BCUT2D eigenvalue weighted by molar-refractivity contribution is 14.1. The molecule has 1 rings (SSSR count). The summed E-state index contributed by atoms with van der Waals surface area (Å²) in [4.78, 5) is 10.4. The molecule has 0 aliphatic rings. The van der Waals surface area contributed by atoms with Crippen molar-refractivity contribution in [3.63, 3.8) is 0 Å². The molecule has 1 aromatic carbocycles. The van der Waals surface area contributed by atoms with E-state index in [-0.39, 0.29) is 21.0 Å². The Balaban J connectivity index is 3.00. The Morgan fingerprint density at radius 3 is 2.56 bits per heavy atom. The zero-order chi connectivity index (χ0) is 13.9. The topological polar surface area (TPSA) is 55.2 Å². The van der Waals surface area contributed by atoms with Crippen LogP contribution in [0.5, 0.6) is 0 Å². The normalized spacial score (nSPS) is 12.6. The molecule has 0 saturated carbocycles. The van der Waals surface area contributed by atoms with Gasteiger partial charge >= 0.3 is 0 Å². The largest absolute Gasteiger partial charge is 0.377 e. The lowest BCUT2D eigenvalue weighted by Gasteiger charge is -2.17. The molecular formula is C12H16FIN2O2. The third-order valence-electron chi connectivity index (χ3n) is 2.46. The van der Waals surface area contributed by atoms with Crippen molar-refractivity contribution in [1.29, 1.82) is 0 Å². The molecule has 1 atom stereocenters. The second kappa shape index (κ2) is 6.31. The molecular weight excluding hydrogens is 350 g/mol. The molecule has 0 bridgehead atoms. The fourth-order valence-electron chi connectivity index (χ4n) is 1.83. The molecule has 18 heavy (non-hydrogen) atoms. The number of nitrogens with one attached hydrogen (secondary N) is 1. The van der Waals surface area contributed by atoms with Crippen LogP contribution in [0.3, 0.4) is 0 Å². The summed E-state index contributed by atoms with van der Waals surface area (Å²) in [7, 11) is 0. The van der Waals surface area contributed by atoms with Gasteiger partial charge in [-0.2, -0.15) is 0 Å². The summed E-state index contributed by atoms with van der Waals surface area (Å²) in [5, 5.41) is 13.9. The van der Waals surface area contributed by atoms with Crippen LogP contribution in [-0.4, -0.2) is 11.0 Å². The molecule has 4 nitrogen and oxygen atoms in total. The minimum absolute atomic E-state index is 0.0585. The molecule has 0 spiro atoms. The van der Waals surface area contributed by atoms with Crippen molar-refractivity contribution >= 4 is 34.0 Å². The van der Waals surface area contributed by atoms with Crippen LogP contribution in [-0.2, 0) is 0 Å². The Morgan fingerprint density at radius 1 is 1.44 bits per heavy atom. The molecule has 0 heterocycles. The van der Waals surface area contributed by atoms with Gasteiger partial charge in [0.2, 0.25) is 0 Å². The summed E-state index contributed by atoms with van der Waals surface area (Å²) >= 11 is 1.75. The summed E-state index contributed by atoms with van der Waals surface area (Å²) in [6.07, 6.45) is 0.866. The number of nitro groups is 1. The fourth-order valence-corrected chi connectivity index (χ4v) is 2.29. The highest BCUT2D eigenvalue weighted by Gasteiger charge is 2.19. The van der Waals surface area contributed by atoms with Crippen molar-refractivity contribution in [3.8, 4) is 0 Å². The maximum Gasteiger partial charge on any atom is 0.293 e. The molecule has 0 amide bonds. The number of rotatable bonds is 5. The monoisotopic (exact) mass is 366 g/mol. The van der Waals surface area contributed by atoms with Gasteiger partial charge < -0.3 is 5.32 Å². The molecule has 1 unspecified atom stereocenters. The zero-order valence-electron chi connectivity index (χ0n) is 10.5. The maximum atomic E-state index is 13.5. The third-order valence-corrected chi connectivity index (χ3v) is 3.29. The van der Waals surface area contributed by atoms with Gasteiger partial charge in [-0.15, -0.1) is 0 Å². The van der Waals surface area contributed by atoms with Gasteiger partial charge in [0.15, 0.2) is 0 Å². The summed E-state index contributed by atoms with van der Waals surface area (Å²) in [6, 6.07) is 2.50. The van der Waals surface area contributed by atoms with Crippen LogP contribution in [0.4, 0.5) is 15.8 Å². The van der Waals surface area contributed by atoms with Crippen molar-refractivity contribution in [2.24, 2.45) is 5.92 Å². The Kier molecular flexibility index (Phi) is 5.30. The number of hydrogen-bond donors (Lipinski definition) is 1. The Morgan fingerprint density at radius 2 is 2.06 bits per heavy atom. The van der Waals surface area contributed by atoms with Crippen LogP contribution in [0.25, 0.3) is 0 Å². The van der Waals surface area contributed by atoms with Gasteiger partial charge in [0, 0.05) is 18.2 Å². The lowest BCUT2D eigenvalue weighted by atomic mass is 10.0. The van der Waals surface area contributed by atoms with Crippen molar-refractivity contribution in [3.05, 3.63) is 31.6 Å². The third kappa shape index (κ3) is 4.08. The van der Waals surface area contributed by atoms with Gasteiger partial charge in [-0.3, -0.25) is 10.1 Å². The molecule has 0 saturated heterocycles. The van der Waals surface area contributed by atoms with E-state index >= 15 is 0 Å². The quantitative estimate of drug-likeness (QED) is 0.483. The highest BCUT2D eigenvalue weighted by atomic mass is 127. The first-order valence-corrected chi connectivity index (χ1v) is 6.79. The van der Waals surface area contributed by atoms with Crippen molar-refractivity contribution < 1.29 is 9.31 Å². The van der Waals surface area contributed by atoms with Crippen molar-refractivity contribution in [1.82, 2.24) is 0 Å². The first kappa shape index (κ1) is 15.1. The minimum atomic E-state index is -0.494. The van der Waals surface area contributed by atoms with Crippen LogP contribution < -0.4 is 5.32 Å². The van der Waals surface area contributed by atoms with Crippen LogP contribution >= 0.6 is 22.6 Å². The Labute approximate surface area is 119 Å². The number of anilines is 1. The summed E-state index contributed by atoms with van der Waals surface area (Å²) < 4.78 is 13.7. The van der Waals surface area contributed by atoms with Gasteiger partial charge in [0.05, 0.1) is 8.49 Å². The average molecular weight is 366 g/mol. The summed E-state index contributed by atoms with van der Waals surface area (Å²) in [5.74, 6) is 0.0284. The van der Waals surface area contributed by atoms with Crippen LogP contribution in [0, 0.1) is 25.4 Å². The highest BCUT2D eigenvalue weighted by Crippen LogP contribution is 2.29. The van der Waals surface area contributed by atoms with Gasteiger partial charge in [-0.25, -0.2) is 4.39 Å². The number of nitro benzene ring substituents is 1. The van der Waals surface area contributed by atoms with Gasteiger partial charge in [0.25, 0.3) is 5.69 Å². The zero-order valence-corrected chi connectivity index (χ0v) is 12.7. The molecule has 0 fully saturated rings. The molecule has 6 heteroatoms. The van der Waals surface area contributed by atoms with E-state index in [0.29, 0.717) is 5.92 Å². The number of nitrogens with zero attached hydrogens (tertiary/aromatic N) is 1. The van der Waals surface area contributed by atoms with Crippen LogP contribution in [0.15, 0.2) is 12.1 Å². The average Bonchev–Trinajstić information content (AvgIpc) is 2.21. The number of hydrogen-bond acceptors (Lipinski definition) is 3. The van der Waals surface area contributed by atoms with E-state index in [1.54, 1.807) is 22.6 Å². The summed E-state index contributed by atoms with van der Waals surface area (Å²) in [5.41, 5.74) is 0.155. The first-order valence-electron chi connectivity index (χ1n) is 5.71. The number of halogens is 2. The second-order valence-corrected chi connectivity index (χ2v) is 5.88. The molecule has 1 N–H and O–H groups in total. The molecule has 0 radical (unpaired) electrons. The molecule has 0 aliphatic carbocycles. The van der Waals surface area contributed by atoms with E-state index in [1.165, 1.54) is 12.1 Å². The van der Waals surface area contributed by atoms with E-state index in [1.807, 2.05) is 6.92 Å². The smallest absolute Gasteiger partial charge is 0.293 e. The lowest BCUT2D eigenvalue weighted by Crippen LogP contribution is -2.18. The molecule has 1 aromatic rings. The Hall–Kier alpha value is -0.920. The van der Waals surface area contributed by atoms with Crippen molar-refractivity contribution in [2.75, 3.05) is 5.32 Å².